The summed E-state index contributed by atoms with van der Waals surface area (Å²) in [5, 5.41) is 58.5. The molecule has 1 aromatic carbocycles. The number of aliphatic carboxylic acids is 6. The number of hydrogen-bond donors (Lipinski definition) is 15. The van der Waals surface area contributed by atoms with Gasteiger partial charge in [-0.3, -0.25) is 28.8 Å². The molecular weight excluding hydrogens is 740 g/mol. The van der Waals surface area contributed by atoms with Gasteiger partial charge in [-0.2, -0.15) is 0 Å². The van der Waals surface area contributed by atoms with E-state index in [2.05, 4.69) is 4.98 Å². The summed E-state index contributed by atoms with van der Waals surface area (Å²) in [4.78, 5) is 63.3. The Balaban J connectivity index is -0.000000299. The van der Waals surface area contributed by atoms with Crippen LogP contribution in [0.4, 0.5) is 0 Å². The maximum absolute atomic E-state index is 10.6. The van der Waals surface area contributed by atoms with Crippen LogP contribution in [0.25, 0.3) is 10.9 Å². The number of aromatic nitrogens is 1. The number of aliphatic hydroxyl groups is 1. The summed E-state index contributed by atoms with van der Waals surface area (Å²) >= 11 is 0. The van der Waals surface area contributed by atoms with Crippen LogP contribution in [0.1, 0.15) is 72.3 Å². The lowest BCUT2D eigenvalue weighted by molar-refractivity contribution is -0.140. The van der Waals surface area contributed by atoms with Crippen molar-refractivity contribution >= 4 is 46.7 Å². The van der Waals surface area contributed by atoms with Crippen molar-refractivity contribution in [2.24, 2.45) is 52.0 Å². The first-order valence-corrected chi connectivity index (χ1v) is 17.5. The van der Waals surface area contributed by atoms with Gasteiger partial charge in [0, 0.05) is 23.5 Å². The monoisotopic (exact) mass is 806 g/mol. The largest absolute Gasteiger partial charge is 0.480 e. The zero-order valence-corrected chi connectivity index (χ0v) is 32.8. The van der Waals surface area contributed by atoms with Crippen LogP contribution in [-0.4, -0.2) is 126 Å². The molecule has 0 bridgehead atoms. The van der Waals surface area contributed by atoms with E-state index in [9.17, 15) is 28.8 Å². The maximum atomic E-state index is 10.6. The predicted molar refractivity (Wildman–Crippen MR) is 210 cm³/mol. The Bertz CT molecular complexity index is 1380. The van der Waals surface area contributed by atoms with Crippen molar-refractivity contribution in [1.29, 1.82) is 0 Å². The molecule has 0 aliphatic rings. The maximum Gasteiger partial charge on any atom is 0.322 e. The lowest BCUT2D eigenvalue weighted by Crippen LogP contribution is -2.33. The highest BCUT2D eigenvalue weighted by molar-refractivity contribution is 5.84. The Kier molecular flexibility index (Phi) is 34.8. The van der Waals surface area contributed by atoms with E-state index in [0.29, 0.717) is 44.1 Å². The SMILES string of the molecule is CC(C)C[C@@H](N)C(=O)O.CC(C)C[C@H](N)C(=O)O.C[C@H](N)C(=O)O.NCCCC[C@H](N)C(=O)O.N[C@H](CO)C(=O)O.N[C@H](Cc1c[nH]c2ccccc12)C(=O)O. The molecule has 0 amide bonds. The van der Waals surface area contributed by atoms with Crippen LogP contribution in [0.15, 0.2) is 30.5 Å². The van der Waals surface area contributed by atoms with E-state index in [-0.39, 0.29) is 0 Å². The number of H-pyrrole nitrogens is 1. The molecule has 0 spiro atoms. The number of aromatic amines is 1. The van der Waals surface area contributed by atoms with Gasteiger partial charge >= 0.3 is 35.8 Å². The van der Waals surface area contributed by atoms with Crippen LogP contribution >= 0.6 is 0 Å². The van der Waals surface area contributed by atoms with Crippen molar-refractivity contribution in [3.8, 4) is 0 Å². The van der Waals surface area contributed by atoms with Crippen LogP contribution in [-0.2, 0) is 35.2 Å². The minimum atomic E-state index is -1.18. The standard InChI is InChI=1S/C11H12N2O2.C6H14N2O2.2C6H13NO2.C3H7NO3.C3H7NO2/c12-9(11(14)15)5-7-6-13-10-4-2-1-3-8(7)10;7-4-2-1-3-5(8)6(9)10;2*1-4(2)3-5(7)6(8)9;4-2(1-5)3(6)7;1-2(4)3(5)6/h1-4,6,9,13H,5,12H2,(H,14,15);5H,1-4,7-8H2,(H,9,10);2*4-5H,3,7H2,1-2H3,(H,8,9);2,5H,1,4H2,(H,6,7);2H,4H2,1H3,(H,5,6)/t9-;3*5-;2*2-/m101010/s1. The van der Waals surface area contributed by atoms with E-state index in [1.807, 2.05) is 58.2 Å². The van der Waals surface area contributed by atoms with Crippen molar-refractivity contribution in [2.45, 2.75) is 109 Å². The fraction of sp³-hybridized carbons (Fsp3) is 0.600. The van der Waals surface area contributed by atoms with Gasteiger partial charge in [0.05, 0.1) is 6.61 Å². The zero-order chi connectivity index (χ0) is 44.7. The molecule has 0 aliphatic carbocycles. The topological polar surface area (TPSA) is 442 Å². The van der Waals surface area contributed by atoms with Crippen LogP contribution in [0.5, 0.6) is 0 Å². The second-order valence-corrected chi connectivity index (χ2v) is 13.1. The number of unbranched alkanes of at least 4 members (excludes halogenated alkanes) is 1. The number of fused-ring (bicyclic) bond motifs is 1. The lowest BCUT2D eigenvalue weighted by Gasteiger charge is -2.07. The molecule has 324 valence electrons. The Morgan fingerprint density at radius 3 is 1.27 bits per heavy atom. The second-order valence-electron chi connectivity index (χ2n) is 13.1. The average molecular weight is 807 g/mol. The van der Waals surface area contributed by atoms with Gasteiger partial charge in [0.15, 0.2) is 0 Å². The smallest absolute Gasteiger partial charge is 0.322 e. The van der Waals surface area contributed by atoms with Gasteiger partial charge < -0.3 is 80.9 Å². The van der Waals surface area contributed by atoms with E-state index in [1.54, 1.807) is 0 Å². The third kappa shape index (κ3) is 33.8. The molecule has 22 N–H and O–H groups in total. The van der Waals surface area contributed by atoms with Crippen LogP contribution in [0, 0.1) is 11.8 Å². The molecule has 1 aromatic heterocycles. The van der Waals surface area contributed by atoms with Gasteiger partial charge in [-0.1, -0.05) is 52.3 Å². The second kappa shape index (κ2) is 33.6. The first-order chi connectivity index (χ1) is 25.8. The van der Waals surface area contributed by atoms with Gasteiger partial charge in [-0.05, 0) is 62.6 Å². The van der Waals surface area contributed by atoms with Crippen molar-refractivity contribution in [1.82, 2.24) is 4.98 Å². The number of aliphatic hydroxyl groups excluding tert-OH is 1. The molecule has 21 heteroatoms. The van der Waals surface area contributed by atoms with Gasteiger partial charge in [0.2, 0.25) is 0 Å². The third-order valence-electron chi connectivity index (χ3n) is 6.71. The van der Waals surface area contributed by atoms with E-state index >= 15 is 0 Å². The molecule has 0 saturated carbocycles. The number of carboxylic acids is 6. The van der Waals surface area contributed by atoms with E-state index in [0.717, 1.165) is 29.3 Å². The number of nitrogens with one attached hydrogen (secondary N) is 1. The van der Waals surface area contributed by atoms with E-state index < -0.39 is 78.7 Å². The molecule has 1 heterocycles. The zero-order valence-electron chi connectivity index (χ0n) is 32.8. The fourth-order valence-electron chi connectivity index (χ4n) is 3.55. The Labute approximate surface area is 326 Å². The summed E-state index contributed by atoms with van der Waals surface area (Å²) in [5.41, 5.74) is 37.9. The number of carboxylic acid groups (broad SMARTS) is 6. The van der Waals surface area contributed by atoms with Gasteiger partial charge in [-0.25, -0.2) is 0 Å². The molecule has 0 radical (unpaired) electrons. The number of carbonyl (C=O) groups is 6. The molecule has 2 aromatic rings. The number of benzene rings is 1. The highest BCUT2D eigenvalue weighted by atomic mass is 16.4. The predicted octanol–water partition coefficient (Wildman–Crippen LogP) is -0.653. The molecule has 0 fully saturated rings. The van der Waals surface area contributed by atoms with Crippen LogP contribution in [0.3, 0.4) is 0 Å². The van der Waals surface area contributed by atoms with Gasteiger partial charge in [-0.15, -0.1) is 0 Å². The normalized spacial score (nSPS) is 13.3. The van der Waals surface area contributed by atoms with Crippen molar-refractivity contribution in [3.63, 3.8) is 0 Å². The fourth-order valence-corrected chi connectivity index (χ4v) is 3.55. The van der Waals surface area contributed by atoms with Crippen molar-refractivity contribution in [2.75, 3.05) is 13.2 Å². The minimum Gasteiger partial charge on any atom is -0.480 e. The molecule has 2 rings (SSSR count). The molecule has 21 nitrogen and oxygen atoms in total. The molecule has 0 saturated heterocycles. The average Bonchev–Trinajstić information content (AvgIpc) is 3.51. The summed E-state index contributed by atoms with van der Waals surface area (Å²) in [7, 11) is 0. The minimum absolute atomic E-state index is 0.347. The first-order valence-electron chi connectivity index (χ1n) is 17.5. The van der Waals surface area contributed by atoms with Crippen LogP contribution < -0.4 is 40.1 Å². The van der Waals surface area contributed by atoms with Crippen molar-refractivity contribution in [3.05, 3.63) is 36.0 Å². The Morgan fingerprint density at radius 2 is 0.982 bits per heavy atom. The molecule has 0 unspecified atom stereocenters. The van der Waals surface area contributed by atoms with Crippen molar-refractivity contribution < 1.29 is 64.5 Å². The summed E-state index contributed by atoms with van der Waals surface area (Å²) in [6.07, 6.45) is 5.43. The van der Waals surface area contributed by atoms with Gasteiger partial charge in [0.1, 0.15) is 36.3 Å². The van der Waals surface area contributed by atoms with E-state index in [4.69, 9.17) is 75.9 Å². The van der Waals surface area contributed by atoms with Gasteiger partial charge in [0.25, 0.3) is 0 Å². The number of para-hydroxylation sites is 1. The first kappa shape index (κ1) is 58.0. The summed E-state index contributed by atoms with van der Waals surface area (Å²) in [6, 6.07) is 2.96. The third-order valence-corrected chi connectivity index (χ3v) is 6.71. The summed E-state index contributed by atoms with van der Waals surface area (Å²) < 4.78 is 0. The molecular formula is C35H66N8O13. The number of rotatable bonds is 17. The highest BCUT2D eigenvalue weighted by Crippen LogP contribution is 2.18. The molecule has 0 aliphatic heterocycles. The Hall–Kier alpha value is -4.74. The van der Waals surface area contributed by atoms with Crippen LogP contribution in [0.2, 0.25) is 0 Å². The number of hydrogen-bond acceptors (Lipinski definition) is 14. The Morgan fingerprint density at radius 1 is 0.589 bits per heavy atom. The highest BCUT2D eigenvalue weighted by Gasteiger charge is 2.15. The summed E-state index contributed by atoms with van der Waals surface area (Å²) in [5.74, 6) is -5.16. The van der Waals surface area contributed by atoms with E-state index in [1.165, 1.54) is 6.92 Å². The summed E-state index contributed by atoms with van der Waals surface area (Å²) in [6.45, 7) is 9.31. The lowest BCUT2D eigenvalue weighted by atomic mass is 10.1. The molecule has 6 atom stereocenters. The number of nitrogens with two attached hydrogens (primary N) is 7. The molecule has 56 heavy (non-hydrogen) atoms. The quantitative estimate of drug-likeness (QED) is 0.0883.